The molecule has 1 aromatic heterocycles. The fraction of sp³-hybridized carbons (Fsp3) is 0.379. The molecule has 10 nitrogen and oxygen atoms in total. The van der Waals surface area contributed by atoms with Crippen molar-refractivity contribution in [1.82, 2.24) is 14.9 Å². The maximum Gasteiger partial charge on any atom is 0.320 e. The summed E-state index contributed by atoms with van der Waals surface area (Å²) in [6, 6.07) is 7.72. The summed E-state index contributed by atoms with van der Waals surface area (Å²) in [5.74, 6) is -0.321. The number of benzene rings is 2. The molecule has 2 N–H and O–H groups in total. The molecule has 1 amide bonds. The molecule has 41 heavy (non-hydrogen) atoms. The minimum atomic E-state index is -0.528. The van der Waals surface area contributed by atoms with Gasteiger partial charge in [0.25, 0.3) is 0 Å². The molecule has 0 aliphatic carbocycles. The molecule has 2 aliphatic heterocycles. The van der Waals surface area contributed by atoms with E-state index in [4.69, 9.17) is 25.8 Å². The highest BCUT2D eigenvalue weighted by Crippen LogP contribution is 2.34. The van der Waals surface area contributed by atoms with Crippen LogP contribution in [0.25, 0.3) is 10.9 Å². The summed E-state index contributed by atoms with van der Waals surface area (Å²) in [7, 11) is 0. The van der Waals surface area contributed by atoms with Crippen molar-refractivity contribution >= 4 is 51.6 Å². The number of ether oxygens (including phenoxy) is 3. The third-order valence-electron chi connectivity index (χ3n) is 6.98. The van der Waals surface area contributed by atoms with Crippen LogP contribution in [0.3, 0.4) is 0 Å². The Bertz CT molecular complexity index is 1480. The van der Waals surface area contributed by atoms with Crippen molar-refractivity contribution in [3.8, 4) is 5.75 Å². The predicted octanol–water partition coefficient (Wildman–Crippen LogP) is 4.86. The Labute approximate surface area is 241 Å². The predicted molar refractivity (Wildman–Crippen MR) is 153 cm³/mol. The molecule has 2 saturated heterocycles. The molecule has 0 unspecified atom stereocenters. The first-order valence-electron chi connectivity index (χ1n) is 13.3. The average molecular weight is 584 g/mol. The number of fused-ring (bicyclic) bond motifs is 1. The van der Waals surface area contributed by atoms with Crippen LogP contribution in [0.1, 0.15) is 26.7 Å². The lowest BCUT2D eigenvalue weighted by Crippen LogP contribution is -2.54. The third kappa shape index (κ3) is 7.10. The molecule has 12 heteroatoms. The maximum atomic E-state index is 13.7. The number of morpholine rings is 1. The van der Waals surface area contributed by atoms with E-state index < -0.39 is 5.82 Å². The van der Waals surface area contributed by atoms with E-state index in [1.165, 1.54) is 24.5 Å². The van der Waals surface area contributed by atoms with Crippen molar-refractivity contribution in [3.63, 3.8) is 0 Å². The van der Waals surface area contributed by atoms with Crippen LogP contribution in [0.15, 0.2) is 48.8 Å². The molecular weight excluding hydrogens is 553 g/mol. The lowest BCUT2D eigenvalue weighted by atomic mass is 10.0. The Balaban J connectivity index is 1.38. The van der Waals surface area contributed by atoms with Crippen molar-refractivity contribution in [1.29, 1.82) is 0 Å². The van der Waals surface area contributed by atoms with Crippen molar-refractivity contribution in [3.05, 3.63) is 59.7 Å². The summed E-state index contributed by atoms with van der Waals surface area (Å²) >= 11 is 5.95. The second kappa shape index (κ2) is 12.4. The maximum absolute atomic E-state index is 13.7. The van der Waals surface area contributed by atoms with E-state index in [2.05, 4.69) is 20.6 Å². The van der Waals surface area contributed by atoms with E-state index in [1.807, 2.05) is 18.7 Å². The number of halogens is 2. The molecule has 2 fully saturated rings. The number of aromatic nitrogens is 2. The van der Waals surface area contributed by atoms with E-state index in [-0.39, 0.29) is 41.7 Å². The molecule has 3 aromatic rings. The van der Waals surface area contributed by atoms with Crippen LogP contribution >= 0.6 is 11.6 Å². The Kier molecular flexibility index (Phi) is 8.67. The van der Waals surface area contributed by atoms with Gasteiger partial charge in [-0.3, -0.25) is 14.5 Å². The first-order chi connectivity index (χ1) is 19.7. The fourth-order valence-corrected chi connectivity index (χ4v) is 4.79. The lowest BCUT2D eigenvalue weighted by Gasteiger charge is -2.40. The fourth-order valence-electron chi connectivity index (χ4n) is 4.61. The average Bonchev–Trinajstić information content (AvgIpc) is 3.46. The van der Waals surface area contributed by atoms with Crippen molar-refractivity contribution in [2.24, 2.45) is 0 Å². The first-order valence-corrected chi connectivity index (χ1v) is 13.7. The summed E-state index contributed by atoms with van der Waals surface area (Å²) < 4.78 is 30.6. The number of hydrogen-bond donors (Lipinski definition) is 2. The molecular formula is C29H31ClFN5O5. The van der Waals surface area contributed by atoms with Crippen LogP contribution in [0.5, 0.6) is 5.75 Å². The van der Waals surface area contributed by atoms with E-state index in [1.54, 1.807) is 24.3 Å². The molecule has 1 atom stereocenters. The number of hydrogen-bond acceptors (Lipinski definition) is 9. The summed E-state index contributed by atoms with van der Waals surface area (Å²) in [5.41, 5.74) is 1.19. The number of carbonyl (C=O) groups is 2. The van der Waals surface area contributed by atoms with E-state index in [9.17, 15) is 14.0 Å². The van der Waals surface area contributed by atoms with Gasteiger partial charge in [-0.05, 0) is 51.0 Å². The molecule has 0 radical (unpaired) electrons. The topological polar surface area (TPSA) is 115 Å². The number of carbonyl (C=O) groups excluding carboxylic acids is 2. The van der Waals surface area contributed by atoms with Crippen molar-refractivity contribution < 1.29 is 28.2 Å². The zero-order chi connectivity index (χ0) is 29.0. The van der Waals surface area contributed by atoms with Crippen LogP contribution in [0.2, 0.25) is 5.02 Å². The van der Waals surface area contributed by atoms with Gasteiger partial charge in [-0.15, -0.1) is 0 Å². The Morgan fingerprint density at radius 2 is 2.15 bits per heavy atom. The number of rotatable bonds is 9. The van der Waals surface area contributed by atoms with Crippen LogP contribution < -0.4 is 15.4 Å². The van der Waals surface area contributed by atoms with Crippen LogP contribution in [-0.2, 0) is 19.1 Å². The molecule has 2 aliphatic rings. The van der Waals surface area contributed by atoms with Gasteiger partial charge in [0.05, 0.1) is 34.4 Å². The van der Waals surface area contributed by atoms with Crippen LogP contribution in [0.4, 0.5) is 21.6 Å². The van der Waals surface area contributed by atoms with Gasteiger partial charge in [0.15, 0.2) is 0 Å². The Morgan fingerprint density at radius 1 is 1.29 bits per heavy atom. The van der Waals surface area contributed by atoms with Crippen molar-refractivity contribution in [2.75, 3.05) is 43.5 Å². The Morgan fingerprint density at radius 3 is 2.93 bits per heavy atom. The van der Waals surface area contributed by atoms with E-state index >= 15 is 0 Å². The largest absolute Gasteiger partial charge is 0.489 e. The van der Waals surface area contributed by atoms with Gasteiger partial charge >= 0.3 is 5.97 Å². The SMILES string of the molecule is CC1(C)COC(=O)CN1CC=CC(=O)Nc1cc2c(Nc3ccc(F)c(Cl)c3)ncnc2cc1OC[C@H]1CCCO1. The summed E-state index contributed by atoms with van der Waals surface area (Å²) in [6.45, 7) is 5.83. The third-order valence-corrected chi connectivity index (χ3v) is 7.27. The van der Waals surface area contributed by atoms with Gasteiger partial charge in [0.2, 0.25) is 5.91 Å². The quantitative estimate of drug-likeness (QED) is 0.269. The zero-order valence-corrected chi connectivity index (χ0v) is 23.5. The number of nitrogens with one attached hydrogen (secondary N) is 2. The smallest absolute Gasteiger partial charge is 0.320 e. The monoisotopic (exact) mass is 583 g/mol. The standard InChI is InChI=1S/C29H31ClFN5O5/c1-29(2)16-41-27(38)14-36(29)9-3-6-26(37)35-24-12-20-23(13-25(24)40-15-19-5-4-10-39-19)32-17-33-28(20)34-18-7-8-22(31)21(30)11-18/h3,6-8,11-13,17,19H,4-5,9-10,14-16H2,1-2H3,(H,35,37)(H,32,33,34)/t19-/m1/s1. The number of cyclic esters (lactones) is 1. The van der Waals surface area contributed by atoms with Gasteiger partial charge in [-0.25, -0.2) is 14.4 Å². The minimum Gasteiger partial charge on any atom is -0.489 e. The highest BCUT2D eigenvalue weighted by molar-refractivity contribution is 6.31. The van der Waals surface area contributed by atoms with Gasteiger partial charge < -0.3 is 24.8 Å². The van der Waals surface area contributed by atoms with Gasteiger partial charge in [0, 0.05) is 36.4 Å². The summed E-state index contributed by atoms with van der Waals surface area (Å²) in [6.07, 6.45) is 6.37. The van der Waals surface area contributed by atoms with E-state index in [0.717, 1.165) is 12.8 Å². The van der Waals surface area contributed by atoms with Gasteiger partial charge in [0.1, 0.15) is 36.9 Å². The normalized spacial score (nSPS) is 18.9. The molecule has 0 spiro atoms. The molecule has 3 heterocycles. The molecule has 216 valence electrons. The molecule has 5 rings (SSSR count). The summed E-state index contributed by atoms with van der Waals surface area (Å²) in [4.78, 5) is 35.4. The lowest BCUT2D eigenvalue weighted by molar-refractivity contribution is -0.159. The number of nitrogens with zero attached hydrogens (tertiary/aromatic N) is 3. The van der Waals surface area contributed by atoms with Crippen LogP contribution in [0, 0.1) is 5.82 Å². The Hall–Kier alpha value is -3.80. The minimum absolute atomic E-state index is 0.0252. The van der Waals surface area contributed by atoms with Gasteiger partial charge in [-0.2, -0.15) is 0 Å². The second-order valence-electron chi connectivity index (χ2n) is 10.5. The molecule has 0 bridgehead atoms. The summed E-state index contributed by atoms with van der Waals surface area (Å²) in [5, 5.41) is 6.61. The van der Waals surface area contributed by atoms with Crippen LogP contribution in [-0.4, -0.2) is 71.3 Å². The second-order valence-corrected chi connectivity index (χ2v) is 10.9. The number of esters is 1. The van der Waals surface area contributed by atoms with Gasteiger partial charge in [-0.1, -0.05) is 17.7 Å². The van der Waals surface area contributed by atoms with Crippen molar-refractivity contribution in [2.45, 2.75) is 38.3 Å². The number of anilines is 3. The highest BCUT2D eigenvalue weighted by atomic mass is 35.5. The molecule has 2 aromatic carbocycles. The van der Waals surface area contributed by atoms with E-state index in [0.29, 0.717) is 53.6 Å². The molecule has 0 saturated carbocycles. The number of amides is 1. The first kappa shape index (κ1) is 28.7. The highest BCUT2D eigenvalue weighted by Gasteiger charge is 2.34. The zero-order valence-electron chi connectivity index (χ0n) is 22.8.